The van der Waals surface area contributed by atoms with Gasteiger partial charge in [-0.25, -0.2) is 0 Å². The molecule has 0 spiro atoms. The molecule has 10 aromatic carbocycles. The van der Waals surface area contributed by atoms with Gasteiger partial charge in [0.15, 0.2) is 0 Å². The number of aliphatic hydroxyl groups excluding tert-OH is 1. The van der Waals surface area contributed by atoms with Gasteiger partial charge in [-0.15, -0.1) is 11.8 Å². The van der Waals surface area contributed by atoms with Gasteiger partial charge in [0.1, 0.15) is 11.9 Å². The minimum absolute atomic E-state index is 0. The molecule has 0 radical (unpaired) electrons. The maximum Gasteiger partial charge on any atom is 0.230 e. The highest BCUT2D eigenvalue weighted by Crippen LogP contribution is 2.38. The van der Waals surface area contributed by atoms with Crippen LogP contribution in [0.25, 0.3) is 0 Å². The van der Waals surface area contributed by atoms with E-state index >= 15 is 0 Å². The van der Waals surface area contributed by atoms with Crippen molar-refractivity contribution in [3.63, 3.8) is 0 Å². The number of hydrogen-bond donors (Lipinski definition) is 5. The molecule has 1 unspecified atom stereocenters. The molecule has 1 atom stereocenters. The van der Waals surface area contributed by atoms with Crippen molar-refractivity contribution in [3.05, 3.63) is 371 Å². The molecule has 83 heavy (non-hydrogen) atoms. The van der Waals surface area contributed by atoms with E-state index in [9.17, 15) is 18.9 Å². The summed E-state index contributed by atoms with van der Waals surface area (Å²) in [6.07, 6.45) is -0.516. The first kappa shape index (κ1) is 65.6. The van der Waals surface area contributed by atoms with E-state index < -0.39 is 22.8 Å². The topological polar surface area (TPSA) is 181 Å². The van der Waals surface area contributed by atoms with E-state index in [-0.39, 0.29) is 38.1 Å². The fourth-order valence-corrected chi connectivity index (χ4v) is 12.1. The van der Waals surface area contributed by atoms with Gasteiger partial charge >= 0.3 is 0 Å². The number of amides is 2. The van der Waals surface area contributed by atoms with Crippen LogP contribution in [0.3, 0.4) is 0 Å². The first-order valence-electron chi connectivity index (χ1n) is 26.5. The first-order valence-corrected chi connectivity index (χ1v) is 30.3. The number of thiol groups is 1. The van der Waals surface area contributed by atoms with Gasteiger partial charge in [-0.1, -0.05) is 322 Å². The molecule has 2 amide bonds. The minimum Gasteiger partial charge on any atom is -0.412 e. The molecule has 0 aromatic heterocycles. The lowest BCUT2D eigenvalue weighted by Gasteiger charge is -2.17. The molecule has 0 saturated heterocycles. The Labute approximate surface area is 506 Å². The number of primary amides is 2. The van der Waals surface area contributed by atoms with Gasteiger partial charge in [0, 0.05) is 10.8 Å². The van der Waals surface area contributed by atoms with Crippen molar-refractivity contribution in [2.45, 2.75) is 27.1 Å². The van der Waals surface area contributed by atoms with Crippen molar-refractivity contribution in [1.82, 2.24) is 0 Å². The van der Waals surface area contributed by atoms with Gasteiger partial charge in [0.25, 0.3) is 0 Å². The standard InChI is InChI=1S/C15H15NO2S.C15H15NOS.C15H15NS.C13H12O.C13H12S.H2O/c16-14(17)11-19(18)15(12-7-3-1-4-8-12)13-9-5-2-6-10-13;16-14(17)11-18-15(12-7-3-1-4-8-12)13-9-5-2-6-10-13;1-12(16)17-15(13-8-4-2-5-9-13)14-10-6-3-7-11-14;2*14-13(11-7-3-1-4-8-11)12-9-5-2-6-10-12;/h1-10,15H,11H2,(H2,16,17);1-10,15H,11H2,(H2,16,17);2-11,15H,1,16H2;2*1-10,13-14H;1H2. The Morgan fingerprint density at radius 1 is 0.398 bits per heavy atom. The Balaban J connectivity index is 0.000000190. The Hall–Kier alpha value is -8.20. The van der Waals surface area contributed by atoms with Crippen LogP contribution in [-0.2, 0) is 20.4 Å². The van der Waals surface area contributed by atoms with Gasteiger partial charge in [-0.3, -0.25) is 13.8 Å². The molecular formula is C71H71N3O5S4. The van der Waals surface area contributed by atoms with Crippen LogP contribution >= 0.6 is 36.2 Å². The molecule has 0 heterocycles. The smallest absolute Gasteiger partial charge is 0.230 e. The zero-order chi connectivity index (χ0) is 58.2. The summed E-state index contributed by atoms with van der Waals surface area (Å²) in [7, 11) is -1.36. The van der Waals surface area contributed by atoms with Crippen molar-refractivity contribution < 1.29 is 24.4 Å². The third kappa shape index (κ3) is 22.9. The monoisotopic (exact) mass is 1170 g/mol. The number of carbonyl (C=O) groups excluding carboxylic acids is 2. The van der Waals surface area contributed by atoms with Crippen molar-refractivity contribution in [2.75, 3.05) is 11.5 Å². The summed E-state index contributed by atoms with van der Waals surface area (Å²) in [5.41, 5.74) is 27.2. The predicted molar refractivity (Wildman–Crippen MR) is 353 cm³/mol. The molecular weight excluding hydrogens is 1100 g/mol. The molecule has 0 saturated carbocycles. The second-order valence-corrected chi connectivity index (χ2v) is 22.8. The van der Waals surface area contributed by atoms with E-state index in [4.69, 9.17) is 17.2 Å². The minimum atomic E-state index is -1.36. The highest BCUT2D eigenvalue weighted by molar-refractivity contribution is 8.03. The average molecular weight is 1170 g/mol. The Morgan fingerprint density at radius 2 is 0.639 bits per heavy atom. The van der Waals surface area contributed by atoms with Crippen molar-refractivity contribution in [3.8, 4) is 0 Å². The summed E-state index contributed by atoms with van der Waals surface area (Å²) in [5.74, 6) is -0.629. The van der Waals surface area contributed by atoms with Crippen LogP contribution in [0.15, 0.2) is 315 Å². The lowest BCUT2D eigenvalue weighted by molar-refractivity contribution is -0.116. The molecule has 12 heteroatoms. The fraction of sp³-hybridized carbons (Fsp3) is 0.0986. The number of aliphatic hydroxyl groups is 1. The molecule has 0 aliphatic heterocycles. The van der Waals surface area contributed by atoms with E-state index in [1.165, 1.54) is 33.4 Å². The van der Waals surface area contributed by atoms with Crippen LogP contribution in [-0.4, -0.2) is 38.1 Å². The summed E-state index contributed by atoms with van der Waals surface area (Å²) >= 11 is 7.76. The molecule has 424 valence electrons. The fourth-order valence-electron chi connectivity index (χ4n) is 8.44. The quantitative estimate of drug-likeness (QED) is 0.0530. The van der Waals surface area contributed by atoms with Crippen molar-refractivity contribution >= 4 is 58.8 Å². The lowest BCUT2D eigenvalue weighted by Crippen LogP contribution is -2.23. The number of rotatable bonds is 18. The van der Waals surface area contributed by atoms with Crippen molar-refractivity contribution in [2.24, 2.45) is 17.2 Å². The number of thioether (sulfide) groups is 2. The first-order chi connectivity index (χ1) is 40.0. The predicted octanol–water partition coefficient (Wildman–Crippen LogP) is 14.6. The van der Waals surface area contributed by atoms with E-state index in [0.29, 0.717) is 10.8 Å². The Bertz CT molecular complexity index is 3110. The van der Waals surface area contributed by atoms with Crippen LogP contribution < -0.4 is 17.2 Å². The highest BCUT2D eigenvalue weighted by Gasteiger charge is 2.22. The molecule has 0 aliphatic carbocycles. The summed E-state index contributed by atoms with van der Waals surface area (Å²) < 4.78 is 12.4. The third-order valence-electron chi connectivity index (χ3n) is 12.3. The summed E-state index contributed by atoms with van der Waals surface area (Å²) in [4.78, 5) is 22.0. The average Bonchev–Trinajstić information content (AvgIpc) is 3.64. The molecule has 0 aliphatic rings. The van der Waals surface area contributed by atoms with E-state index in [1.807, 2.05) is 231 Å². The molecule has 10 aromatic rings. The van der Waals surface area contributed by atoms with Crippen LogP contribution in [0, 0.1) is 0 Å². The normalized spacial score (nSPS) is 10.7. The number of carbonyl (C=O) groups is 2. The third-order valence-corrected chi connectivity index (χ3v) is 16.9. The maximum atomic E-state index is 12.4. The molecule has 10 rings (SSSR count). The molecule has 9 N–H and O–H groups in total. The summed E-state index contributed by atoms with van der Waals surface area (Å²) in [6.45, 7) is 3.79. The maximum absolute atomic E-state index is 12.4. The van der Waals surface area contributed by atoms with Gasteiger partial charge < -0.3 is 27.8 Å². The largest absolute Gasteiger partial charge is 0.412 e. The Kier molecular flexibility index (Phi) is 29.3. The van der Waals surface area contributed by atoms with E-state index in [0.717, 1.165) is 22.3 Å². The van der Waals surface area contributed by atoms with Crippen LogP contribution in [0.2, 0.25) is 0 Å². The van der Waals surface area contributed by atoms with Crippen molar-refractivity contribution in [1.29, 1.82) is 0 Å². The number of hydrogen-bond acceptors (Lipinski definition) is 8. The highest BCUT2D eigenvalue weighted by atomic mass is 32.2. The molecule has 8 nitrogen and oxygen atoms in total. The zero-order valence-corrected chi connectivity index (χ0v) is 49.3. The number of benzene rings is 10. The van der Waals surface area contributed by atoms with Gasteiger partial charge in [-0.2, -0.15) is 12.6 Å². The lowest BCUT2D eigenvalue weighted by atomic mass is 10.0. The molecule has 0 fully saturated rings. The van der Waals surface area contributed by atoms with Crippen LogP contribution in [0.5, 0.6) is 0 Å². The number of nitrogens with two attached hydrogens (primary N) is 3. The summed E-state index contributed by atoms with van der Waals surface area (Å²) in [6, 6.07) is 100. The SMILES string of the molecule is C=C(N)SC(c1ccccc1)c1ccccc1.NC(=O)CS(=O)C(c1ccccc1)c1ccccc1.NC(=O)CSC(c1ccccc1)c1ccccc1.O.OC(c1ccccc1)c1ccccc1.SC(c1ccccc1)c1ccccc1. The summed E-state index contributed by atoms with van der Waals surface area (Å²) in [5, 5.41) is 10.9. The van der Waals surface area contributed by atoms with E-state index in [2.05, 4.69) is 92.0 Å². The second kappa shape index (κ2) is 37.0. The zero-order valence-electron chi connectivity index (χ0n) is 46.0. The molecule has 0 bridgehead atoms. The van der Waals surface area contributed by atoms with Crippen LogP contribution in [0.1, 0.15) is 82.7 Å². The van der Waals surface area contributed by atoms with Gasteiger partial charge in [0.05, 0.1) is 31.8 Å². The second-order valence-electron chi connectivity index (χ2n) is 18.4. The van der Waals surface area contributed by atoms with E-state index in [1.54, 1.807) is 23.5 Å². The van der Waals surface area contributed by atoms with Crippen LogP contribution in [0.4, 0.5) is 0 Å². The van der Waals surface area contributed by atoms with Gasteiger partial charge in [-0.05, 0) is 55.6 Å². The Morgan fingerprint density at radius 3 is 0.892 bits per heavy atom. The van der Waals surface area contributed by atoms with Gasteiger partial charge in [0.2, 0.25) is 11.8 Å².